The van der Waals surface area contributed by atoms with Crippen molar-refractivity contribution in [3.05, 3.63) is 46.5 Å². The largest absolute Gasteiger partial charge is 0.323 e. The van der Waals surface area contributed by atoms with Crippen molar-refractivity contribution < 1.29 is 4.79 Å². The van der Waals surface area contributed by atoms with E-state index in [0.29, 0.717) is 13.1 Å². The van der Waals surface area contributed by atoms with E-state index in [-0.39, 0.29) is 6.03 Å². The number of nitrogens with one attached hydrogen (secondary N) is 1. The van der Waals surface area contributed by atoms with Crippen molar-refractivity contribution >= 4 is 22.5 Å². The summed E-state index contributed by atoms with van der Waals surface area (Å²) in [5, 5.41) is 3.73. The number of fused-ring (bicyclic) bond motifs is 1. The van der Waals surface area contributed by atoms with Crippen LogP contribution in [0.3, 0.4) is 0 Å². The molecule has 23 heavy (non-hydrogen) atoms. The van der Waals surface area contributed by atoms with E-state index in [1.165, 1.54) is 29.8 Å². The van der Waals surface area contributed by atoms with Gasteiger partial charge in [-0.1, -0.05) is 36.8 Å². The first-order valence-electron chi connectivity index (χ1n) is 8.34. The first-order valence-corrected chi connectivity index (χ1v) is 9.16. The number of amides is 2. The number of urea groups is 1. The maximum atomic E-state index is 12.5. The number of benzene rings is 1. The van der Waals surface area contributed by atoms with Crippen LogP contribution in [0.2, 0.25) is 0 Å². The van der Waals surface area contributed by atoms with Gasteiger partial charge in [-0.05, 0) is 38.2 Å². The standard InChI is InChI=1S/C18H23N3OS/c1-2-21(13-14-9-5-3-6-10-14)18(22)20-17-19-15-11-7-4-8-12-16(15)23-17/h3,5-6,9-10H,2,4,7-8,11-13H2,1H3,(H,19,20,22). The maximum absolute atomic E-state index is 12.5. The van der Waals surface area contributed by atoms with Crippen molar-refractivity contribution in [3.8, 4) is 0 Å². The minimum absolute atomic E-state index is 0.0692. The number of hydrogen-bond acceptors (Lipinski definition) is 3. The van der Waals surface area contributed by atoms with Crippen LogP contribution < -0.4 is 5.32 Å². The second-order valence-corrected chi connectivity index (χ2v) is 6.96. The Morgan fingerprint density at radius 3 is 2.78 bits per heavy atom. The smallest absolute Gasteiger partial charge is 0.320 e. The Morgan fingerprint density at radius 1 is 1.22 bits per heavy atom. The monoisotopic (exact) mass is 329 g/mol. The highest BCUT2D eigenvalue weighted by atomic mass is 32.1. The molecule has 122 valence electrons. The number of hydrogen-bond donors (Lipinski definition) is 1. The van der Waals surface area contributed by atoms with Crippen molar-refractivity contribution in [2.24, 2.45) is 0 Å². The van der Waals surface area contributed by atoms with Crippen LogP contribution in [0, 0.1) is 0 Å². The van der Waals surface area contributed by atoms with Crippen molar-refractivity contribution in [3.63, 3.8) is 0 Å². The van der Waals surface area contributed by atoms with Gasteiger partial charge in [0.25, 0.3) is 0 Å². The van der Waals surface area contributed by atoms with Crippen LogP contribution in [0.1, 0.15) is 42.3 Å². The van der Waals surface area contributed by atoms with Gasteiger partial charge < -0.3 is 4.90 Å². The van der Waals surface area contributed by atoms with Gasteiger partial charge >= 0.3 is 6.03 Å². The molecule has 0 radical (unpaired) electrons. The summed E-state index contributed by atoms with van der Waals surface area (Å²) < 4.78 is 0. The zero-order chi connectivity index (χ0) is 16.1. The molecular formula is C18H23N3OS. The van der Waals surface area contributed by atoms with E-state index in [2.05, 4.69) is 10.3 Å². The van der Waals surface area contributed by atoms with Crippen LogP contribution >= 0.6 is 11.3 Å². The Balaban J connectivity index is 1.65. The predicted octanol–water partition coefficient (Wildman–Crippen LogP) is 4.47. The van der Waals surface area contributed by atoms with Crippen molar-refractivity contribution in [1.82, 2.24) is 9.88 Å². The van der Waals surface area contributed by atoms with Crippen molar-refractivity contribution in [2.75, 3.05) is 11.9 Å². The molecule has 2 aromatic rings. The molecule has 2 amide bonds. The highest BCUT2D eigenvalue weighted by Crippen LogP contribution is 2.29. The van der Waals surface area contributed by atoms with Gasteiger partial charge in [-0.25, -0.2) is 9.78 Å². The normalized spacial score (nSPS) is 14.0. The third-order valence-corrected chi connectivity index (χ3v) is 5.27. The molecule has 0 saturated carbocycles. The van der Waals surface area contributed by atoms with Gasteiger partial charge in [-0.15, -0.1) is 11.3 Å². The third kappa shape index (κ3) is 4.10. The molecule has 1 aliphatic rings. The summed E-state index contributed by atoms with van der Waals surface area (Å²) in [6, 6.07) is 10.0. The molecular weight excluding hydrogens is 306 g/mol. The molecule has 1 aromatic carbocycles. The summed E-state index contributed by atoms with van der Waals surface area (Å²) in [4.78, 5) is 20.3. The summed E-state index contributed by atoms with van der Waals surface area (Å²) in [5.41, 5.74) is 2.33. The van der Waals surface area contributed by atoms with Gasteiger partial charge in [0.2, 0.25) is 0 Å². The Labute approximate surface area is 141 Å². The molecule has 1 aromatic heterocycles. The summed E-state index contributed by atoms with van der Waals surface area (Å²) in [6.07, 6.45) is 5.87. The van der Waals surface area contributed by atoms with Crippen LogP contribution in [-0.4, -0.2) is 22.5 Å². The fraction of sp³-hybridized carbons (Fsp3) is 0.444. The Bertz CT molecular complexity index is 630. The van der Waals surface area contributed by atoms with Crippen LogP contribution in [0.15, 0.2) is 30.3 Å². The number of anilines is 1. The molecule has 5 heteroatoms. The highest BCUT2D eigenvalue weighted by molar-refractivity contribution is 7.15. The molecule has 0 atom stereocenters. The SMILES string of the molecule is CCN(Cc1ccccc1)C(=O)Nc1nc2c(s1)CCCCC2. The molecule has 0 bridgehead atoms. The lowest BCUT2D eigenvalue weighted by molar-refractivity contribution is 0.212. The Morgan fingerprint density at radius 2 is 2.00 bits per heavy atom. The Hall–Kier alpha value is -1.88. The molecule has 0 unspecified atom stereocenters. The summed E-state index contributed by atoms with van der Waals surface area (Å²) >= 11 is 1.64. The van der Waals surface area contributed by atoms with Gasteiger partial charge in [-0.3, -0.25) is 5.32 Å². The van der Waals surface area contributed by atoms with Crippen LogP contribution in [0.5, 0.6) is 0 Å². The van der Waals surface area contributed by atoms with Gasteiger partial charge in [0, 0.05) is 18.0 Å². The zero-order valence-electron chi connectivity index (χ0n) is 13.5. The van der Waals surface area contributed by atoms with E-state index >= 15 is 0 Å². The Kier molecular flexibility index (Phi) is 5.28. The minimum Gasteiger partial charge on any atom is -0.320 e. The lowest BCUT2D eigenvalue weighted by atomic mass is 10.2. The van der Waals surface area contributed by atoms with E-state index in [0.717, 1.165) is 23.5 Å². The average Bonchev–Trinajstić information content (AvgIpc) is 2.81. The summed E-state index contributed by atoms with van der Waals surface area (Å²) in [5.74, 6) is 0. The number of nitrogens with zero attached hydrogens (tertiary/aromatic N) is 2. The number of aryl methyl sites for hydroxylation is 2. The van der Waals surface area contributed by atoms with Crippen LogP contribution in [0.4, 0.5) is 9.93 Å². The van der Waals surface area contributed by atoms with Crippen LogP contribution in [-0.2, 0) is 19.4 Å². The number of aromatic nitrogens is 1. The molecule has 1 N–H and O–H groups in total. The first kappa shape index (κ1) is 16.0. The molecule has 1 aliphatic carbocycles. The zero-order valence-corrected chi connectivity index (χ0v) is 14.4. The average molecular weight is 329 g/mol. The minimum atomic E-state index is -0.0692. The number of thiazole rings is 1. The third-order valence-electron chi connectivity index (χ3n) is 4.19. The topological polar surface area (TPSA) is 45.2 Å². The molecule has 0 spiro atoms. The lowest BCUT2D eigenvalue weighted by Crippen LogP contribution is -2.34. The van der Waals surface area contributed by atoms with E-state index in [9.17, 15) is 4.79 Å². The van der Waals surface area contributed by atoms with Crippen molar-refractivity contribution in [1.29, 1.82) is 0 Å². The van der Waals surface area contributed by atoms with Gasteiger partial charge in [0.1, 0.15) is 0 Å². The molecule has 0 saturated heterocycles. The summed E-state index contributed by atoms with van der Waals surface area (Å²) in [6.45, 7) is 3.29. The number of rotatable bonds is 4. The van der Waals surface area contributed by atoms with E-state index in [4.69, 9.17) is 0 Å². The predicted molar refractivity (Wildman–Crippen MR) is 94.9 cm³/mol. The fourth-order valence-electron chi connectivity index (χ4n) is 2.88. The van der Waals surface area contributed by atoms with Gasteiger partial charge in [-0.2, -0.15) is 0 Å². The quantitative estimate of drug-likeness (QED) is 0.841. The van der Waals surface area contributed by atoms with Crippen molar-refractivity contribution in [2.45, 2.75) is 45.6 Å². The molecule has 0 fully saturated rings. The van der Waals surface area contributed by atoms with Gasteiger partial charge in [0.05, 0.1) is 5.69 Å². The molecule has 1 heterocycles. The van der Waals surface area contributed by atoms with E-state index in [1.807, 2.05) is 42.2 Å². The lowest BCUT2D eigenvalue weighted by Gasteiger charge is -2.20. The molecule has 3 rings (SSSR count). The second-order valence-electron chi connectivity index (χ2n) is 5.88. The van der Waals surface area contributed by atoms with E-state index < -0.39 is 0 Å². The maximum Gasteiger partial charge on any atom is 0.323 e. The molecule has 0 aliphatic heterocycles. The first-order chi connectivity index (χ1) is 11.3. The van der Waals surface area contributed by atoms with Crippen LogP contribution in [0.25, 0.3) is 0 Å². The van der Waals surface area contributed by atoms with Gasteiger partial charge in [0.15, 0.2) is 5.13 Å². The van der Waals surface area contributed by atoms with E-state index in [1.54, 1.807) is 11.3 Å². The summed E-state index contributed by atoms with van der Waals surface area (Å²) in [7, 11) is 0. The number of carbonyl (C=O) groups excluding carboxylic acids is 1. The number of carbonyl (C=O) groups is 1. The molecule has 4 nitrogen and oxygen atoms in total. The second kappa shape index (κ2) is 7.59. The fourth-order valence-corrected chi connectivity index (χ4v) is 3.92. The highest BCUT2D eigenvalue weighted by Gasteiger charge is 2.18.